The molecule has 1 aromatic rings. The van der Waals surface area contributed by atoms with Crippen molar-refractivity contribution in [2.45, 2.75) is 0 Å². The molecule has 0 aromatic heterocycles. The van der Waals surface area contributed by atoms with Gasteiger partial charge in [0.1, 0.15) is 5.75 Å². The van der Waals surface area contributed by atoms with Crippen LogP contribution in [0.3, 0.4) is 0 Å². The van der Waals surface area contributed by atoms with Crippen LogP contribution in [0.25, 0.3) is 0 Å². The van der Waals surface area contributed by atoms with Crippen LogP contribution in [0.1, 0.15) is 0 Å². The van der Waals surface area contributed by atoms with E-state index < -0.39 is 4.92 Å². The summed E-state index contributed by atoms with van der Waals surface area (Å²) in [7, 11) is 1.52. The second-order valence-electron chi connectivity index (χ2n) is 1.96. The number of hydrogen-bond acceptors (Lipinski definition) is 3. The molecule has 0 aliphatic carbocycles. The van der Waals surface area contributed by atoms with Crippen molar-refractivity contribution in [1.82, 2.24) is 0 Å². The van der Waals surface area contributed by atoms with Crippen LogP contribution in [0.15, 0.2) is 24.3 Å². The molecule has 4 nitrogen and oxygen atoms in total. The molecular weight excluding hydrogens is 178 g/mol. The number of hydrogen-bond donors (Lipinski definition) is 0. The molecule has 0 aliphatic heterocycles. The fraction of sp³-hybridized carbons (Fsp3) is 0.143. The van der Waals surface area contributed by atoms with Crippen molar-refractivity contribution in [2.75, 3.05) is 7.11 Å². The number of rotatable bonds is 2. The largest absolute Gasteiger partial charge is 0.497 e. The minimum atomic E-state index is -0.445. The summed E-state index contributed by atoms with van der Waals surface area (Å²) in [6, 6.07) is 5.91. The summed E-state index contributed by atoms with van der Waals surface area (Å²) in [6.45, 7) is 0. The maximum atomic E-state index is 10.2. The maximum absolute atomic E-state index is 10.2. The average Bonchev–Trinajstić information content (AvgIpc) is 2.05. The summed E-state index contributed by atoms with van der Waals surface area (Å²) < 4.78 is 4.83. The normalized spacial score (nSPS) is 8.42. The lowest BCUT2D eigenvalue weighted by molar-refractivity contribution is -0.384. The van der Waals surface area contributed by atoms with E-state index >= 15 is 0 Å². The fourth-order valence-electron chi connectivity index (χ4n) is 0.704. The second-order valence-corrected chi connectivity index (χ2v) is 1.96. The van der Waals surface area contributed by atoms with Gasteiger partial charge in [-0.2, -0.15) is 0 Å². The highest BCUT2D eigenvalue weighted by Crippen LogP contribution is 2.16. The molecule has 0 aliphatic rings. The monoisotopic (exact) mass is 185 g/mol. The maximum Gasteiger partial charge on any atom is 0.269 e. The van der Waals surface area contributed by atoms with Crippen molar-refractivity contribution in [1.29, 1.82) is 0 Å². The Balaban J connectivity index is 0.00000121. The second kappa shape index (κ2) is 4.61. The summed E-state index contributed by atoms with van der Waals surface area (Å²) in [6.07, 6.45) is 0. The standard InChI is InChI=1S/C7H7NO3.S/c1-11-7-4-2-6(3-5-7)8(9)10;/h2-5H,1H3;. The number of non-ortho nitro benzene ring substituents is 1. The van der Waals surface area contributed by atoms with Gasteiger partial charge in [0.2, 0.25) is 0 Å². The first-order valence-electron chi connectivity index (χ1n) is 3.02. The van der Waals surface area contributed by atoms with E-state index in [1.165, 1.54) is 19.2 Å². The molecule has 64 valence electrons. The van der Waals surface area contributed by atoms with Gasteiger partial charge in [-0.05, 0) is 12.1 Å². The van der Waals surface area contributed by atoms with Crippen LogP contribution >= 0.6 is 13.5 Å². The molecular formula is C7H7NO3S. The highest BCUT2D eigenvalue weighted by Gasteiger charge is 2.02. The smallest absolute Gasteiger partial charge is 0.269 e. The Labute approximate surface area is 76.8 Å². The Hall–Kier alpha value is -1.23. The van der Waals surface area contributed by atoms with E-state index in [4.69, 9.17) is 4.74 Å². The highest BCUT2D eigenvalue weighted by molar-refractivity contribution is 7.59. The molecule has 1 rings (SSSR count). The van der Waals surface area contributed by atoms with E-state index in [1.54, 1.807) is 12.1 Å². The molecule has 1 aromatic carbocycles. The molecule has 0 fully saturated rings. The third kappa shape index (κ3) is 2.43. The Morgan fingerprint density at radius 1 is 1.33 bits per heavy atom. The van der Waals surface area contributed by atoms with Crippen LogP contribution in [0.2, 0.25) is 0 Å². The minimum Gasteiger partial charge on any atom is -0.497 e. The van der Waals surface area contributed by atoms with Crippen molar-refractivity contribution < 1.29 is 9.66 Å². The van der Waals surface area contributed by atoms with Crippen molar-refractivity contribution >= 4 is 19.2 Å². The first-order valence-corrected chi connectivity index (χ1v) is 3.02. The Kier molecular flexibility index (Phi) is 4.14. The zero-order valence-electron chi connectivity index (χ0n) is 6.39. The molecule has 0 saturated carbocycles. The predicted molar refractivity (Wildman–Crippen MR) is 47.2 cm³/mol. The summed E-state index contributed by atoms with van der Waals surface area (Å²) >= 11 is 0. The molecule has 12 heavy (non-hydrogen) atoms. The van der Waals surface area contributed by atoms with Crippen molar-refractivity contribution in [3.8, 4) is 5.75 Å². The van der Waals surface area contributed by atoms with E-state index in [1.807, 2.05) is 0 Å². The van der Waals surface area contributed by atoms with Crippen LogP contribution < -0.4 is 4.74 Å². The molecule has 2 radical (unpaired) electrons. The lowest BCUT2D eigenvalue weighted by Crippen LogP contribution is -1.87. The molecule has 0 heterocycles. The molecule has 5 heteroatoms. The number of benzene rings is 1. The van der Waals surface area contributed by atoms with E-state index in [2.05, 4.69) is 0 Å². The highest BCUT2D eigenvalue weighted by atomic mass is 32.1. The van der Waals surface area contributed by atoms with E-state index in [-0.39, 0.29) is 19.2 Å². The number of methoxy groups -OCH3 is 1. The van der Waals surface area contributed by atoms with Gasteiger partial charge in [-0.25, -0.2) is 0 Å². The molecule has 0 bridgehead atoms. The summed E-state index contributed by atoms with van der Waals surface area (Å²) in [4.78, 5) is 9.72. The topological polar surface area (TPSA) is 52.4 Å². The van der Waals surface area contributed by atoms with Gasteiger partial charge in [0.15, 0.2) is 0 Å². The van der Waals surface area contributed by atoms with Crippen LogP contribution in [0.4, 0.5) is 5.69 Å². The summed E-state index contributed by atoms with van der Waals surface area (Å²) in [5.41, 5.74) is 0.0748. The first-order chi connectivity index (χ1) is 5.24. The summed E-state index contributed by atoms with van der Waals surface area (Å²) in [5.74, 6) is 0.621. The Bertz CT molecular complexity index is 260. The lowest BCUT2D eigenvalue weighted by Gasteiger charge is -1.96. The van der Waals surface area contributed by atoms with Crippen LogP contribution in [-0.2, 0) is 0 Å². The third-order valence-corrected chi connectivity index (χ3v) is 1.28. The van der Waals surface area contributed by atoms with Gasteiger partial charge in [0.05, 0.1) is 12.0 Å². The zero-order valence-corrected chi connectivity index (χ0v) is 7.21. The number of nitro groups is 1. The van der Waals surface area contributed by atoms with Gasteiger partial charge >= 0.3 is 0 Å². The van der Waals surface area contributed by atoms with Crippen molar-refractivity contribution in [2.24, 2.45) is 0 Å². The van der Waals surface area contributed by atoms with Crippen LogP contribution in [0, 0.1) is 10.1 Å². The molecule has 0 amide bonds. The van der Waals surface area contributed by atoms with E-state index in [9.17, 15) is 10.1 Å². The van der Waals surface area contributed by atoms with Crippen LogP contribution in [-0.4, -0.2) is 12.0 Å². The Morgan fingerprint density at radius 3 is 2.17 bits per heavy atom. The van der Waals surface area contributed by atoms with Crippen LogP contribution in [0.5, 0.6) is 5.75 Å². The van der Waals surface area contributed by atoms with E-state index in [0.717, 1.165) is 0 Å². The SMILES string of the molecule is COc1ccc([N+](=O)[O-])cc1.[S]. The quantitative estimate of drug-likeness (QED) is 0.524. The van der Waals surface area contributed by atoms with Gasteiger partial charge < -0.3 is 4.74 Å². The van der Waals surface area contributed by atoms with Gasteiger partial charge in [0, 0.05) is 25.6 Å². The molecule has 0 spiro atoms. The third-order valence-electron chi connectivity index (χ3n) is 1.28. The molecule has 0 N–H and O–H groups in total. The lowest BCUT2D eigenvalue weighted by atomic mass is 10.3. The Morgan fingerprint density at radius 2 is 1.83 bits per heavy atom. The van der Waals surface area contributed by atoms with Gasteiger partial charge in [-0.3, -0.25) is 10.1 Å². The average molecular weight is 185 g/mol. The molecule has 0 saturated heterocycles. The zero-order chi connectivity index (χ0) is 8.27. The first kappa shape index (κ1) is 10.8. The number of nitrogens with zero attached hydrogens (tertiary/aromatic N) is 1. The van der Waals surface area contributed by atoms with Crippen molar-refractivity contribution in [3.05, 3.63) is 34.4 Å². The predicted octanol–water partition coefficient (Wildman–Crippen LogP) is 2.25. The molecule has 0 atom stereocenters. The molecule has 0 unspecified atom stereocenters. The van der Waals surface area contributed by atoms with Crippen molar-refractivity contribution in [3.63, 3.8) is 0 Å². The van der Waals surface area contributed by atoms with Gasteiger partial charge in [0.25, 0.3) is 5.69 Å². The fourth-order valence-corrected chi connectivity index (χ4v) is 0.704. The van der Waals surface area contributed by atoms with E-state index in [0.29, 0.717) is 5.75 Å². The van der Waals surface area contributed by atoms with Gasteiger partial charge in [-0.1, -0.05) is 0 Å². The minimum absolute atomic E-state index is 0. The van der Waals surface area contributed by atoms with Gasteiger partial charge in [-0.15, -0.1) is 0 Å². The summed E-state index contributed by atoms with van der Waals surface area (Å²) in [5, 5.41) is 10.2. The number of nitro benzene ring substituents is 1. The number of ether oxygens (including phenoxy) is 1.